The fraction of sp³-hybridized carbons (Fsp3) is 0.333. The molecule has 1 aliphatic rings. The molecule has 1 aromatic heterocycles. The summed E-state index contributed by atoms with van der Waals surface area (Å²) < 4.78 is 2.02. The van der Waals surface area contributed by atoms with Gasteiger partial charge in [-0.05, 0) is 43.9 Å². The molecule has 2 heterocycles. The van der Waals surface area contributed by atoms with Gasteiger partial charge in [-0.3, -0.25) is 9.48 Å². The van der Waals surface area contributed by atoms with Gasteiger partial charge in [0.05, 0.1) is 18.8 Å². The van der Waals surface area contributed by atoms with Crippen LogP contribution in [-0.2, 0) is 24.3 Å². The zero-order valence-electron chi connectivity index (χ0n) is 17.2. The molecular weight excluding hydrogens is 360 g/mol. The summed E-state index contributed by atoms with van der Waals surface area (Å²) in [6, 6.07) is 18.7. The van der Waals surface area contributed by atoms with Crippen molar-refractivity contribution in [2.24, 2.45) is 0 Å². The van der Waals surface area contributed by atoms with E-state index in [1.807, 2.05) is 35.9 Å². The van der Waals surface area contributed by atoms with Crippen LogP contribution in [0.15, 0.2) is 54.6 Å². The highest BCUT2D eigenvalue weighted by atomic mass is 16.2. The summed E-state index contributed by atoms with van der Waals surface area (Å²) in [5.74, 6) is 0.0521. The molecule has 3 aromatic rings. The zero-order valence-corrected chi connectivity index (χ0v) is 17.2. The van der Waals surface area contributed by atoms with Crippen molar-refractivity contribution in [1.82, 2.24) is 15.1 Å². The van der Waals surface area contributed by atoms with Crippen LogP contribution in [0, 0.1) is 13.8 Å². The lowest BCUT2D eigenvalue weighted by Gasteiger charge is -2.30. The Balaban J connectivity index is 1.39. The van der Waals surface area contributed by atoms with Crippen LogP contribution in [0.3, 0.4) is 0 Å². The van der Waals surface area contributed by atoms with Crippen LogP contribution < -0.4 is 10.2 Å². The summed E-state index contributed by atoms with van der Waals surface area (Å²) in [6.45, 7) is 6.67. The molecule has 0 fully saturated rings. The van der Waals surface area contributed by atoms with Gasteiger partial charge in [-0.25, -0.2) is 0 Å². The Morgan fingerprint density at radius 1 is 1.07 bits per heavy atom. The predicted octanol–water partition coefficient (Wildman–Crippen LogP) is 3.62. The van der Waals surface area contributed by atoms with Crippen molar-refractivity contribution >= 4 is 11.6 Å². The highest BCUT2D eigenvalue weighted by Crippen LogP contribution is 2.26. The Kier molecular flexibility index (Phi) is 5.65. The minimum Gasteiger partial charge on any atom is -0.362 e. The number of nitrogens with one attached hydrogen (secondary N) is 1. The number of carbonyl (C=O) groups is 1. The molecule has 5 nitrogen and oxygen atoms in total. The highest BCUT2D eigenvalue weighted by Gasteiger charge is 2.19. The number of aromatic nitrogens is 2. The zero-order chi connectivity index (χ0) is 20.2. The quantitative estimate of drug-likeness (QED) is 0.702. The van der Waals surface area contributed by atoms with E-state index in [1.165, 1.54) is 16.8 Å². The first-order chi connectivity index (χ1) is 14.1. The van der Waals surface area contributed by atoms with Crippen molar-refractivity contribution in [3.63, 3.8) is 0 Å². The Morgan fingerprint density at radius 2 is 1.83 bits per heavy atom. The number of carbonyl (C=O) groups excluding carboxylic acids is 1. The van der Waals surface area contributed by atoms with Crippen LogP contribution in [0.2, 0.25) is 0 Å². The first kappa shape index (κ1) is 19.2. The molecule has 0 spiro atoms. The molecule has 1 N–H and O–H groups in total. The molecule has 0 aliphatic carbocycles. The van der Waals surface area contributed by atoms with Gasteiger partial charge in [0.1, 0.15) is 0 Å². The molecule has 29 heavy (non-hydrogen) atoms. The fourth-order valence-electron chi connectivity index (χ4n) is 4.09. The average molecular weight is 389 g/mol. The third-order valence-electron chi connectivity index (χ3n) is 5.71. The Morgan fingerprint density at radius 3 is 2.66 bits per heavy atom. The minimum absolute atomic E-state index is 0.0521. The minimum atomic E-state index is 0.0521. The van der Waals surface area contributed by atoms with Crippen LogP contribution in [0.25, 0.3) is 0 Å². The van der Waals surface area contributed by atoms with E-state index >= 15 is 0 Å². The van der Waals surface area contributed by atoms with E-state index in [4.69, 9.17) is 0 Å². The van der Waals surface area contributed by atoms with Gasteiger partial charge in [-0.2, -0.15) is 5.10 Å². The lowest BCUT2D eigenvalue weighted by atomic mass is 10.0. The summed E-state index contributed by atoms with van der Waals surface area (Å²) in [7, 11) is 0. The Bertz CT molecular complexity index is 993. The first-order valence-corrected chi connectivity index (χ1v) is 10.3. The Labute approximate surface area is 172 Å². The predicted molar refractivity (Wildman–Crippen MR) is 116 cm³/mol. The number of para-hydroxylation sites is 1. The number of hydrogen-bond donors (Lipinski definition) is 1. The molecule has 1 aliphatic heterocycles. The van der Waals surface area contributed by atoms with Crippen LogP contribution >= 0.6 is 0 Å². The standard InChI is InChI=1S/C24H28N4O/c1-18-22(19(2)28(26-18)16-20-9-4-3-5-10-20)15-25-24(29)17-27-14-8-12-21-11-6-7-13-23(21)27/h3-7,9-11,13H,8,12,14-17H2,1-2H3,(H,25,29). The van der Waals surface area contributed by atoms with E-state index in [1.54, 1.807) is 0 Å². The Hall–Kier alpha value is -3.08. The van der Waals surface area contributed by atoms with Crippen LogP contribution in [0.1, 0.15) is 34.5 Å². The van der Waals surface area contributed by atoms with E-state index in [-0.39, 0.29) is 5.91 Å². The van der Waals surface area contributed by atoms with Gasteiger partial charge in [0.15, 0.2) is 0 Å². The number of aryl methyl sites for hydroxylation is 2. The molecule has 4 rings (SSSR count). The molecule has 5 heteroatoms. The van der Waals surface area contributed by atoms with Crippen molar-refractivity contribution in [2.75, 3.05) is 18.0 Å². The topological polar surface area (TPSA) is 50.2 Å². The molecule has 0 bridgehead atoms. The summed E-state index contributed by atoms with van der Waals surface area (Å²) in [5.41, 5.74) is 6.93. The van der Waals surface area contributed by atoms with Gasteiger partial charge in [-0.15, -0.1) is 0 Å². The molecule has 1 amide bonds. The van der Waals surface area contributed by atoms with E-state index in [0.29, 0.717) is 13.1 Å². The number of nitrogens with zero attached hydrogens (tertiary/aromatic N) is 3. The molecule has 0 unspecified atom stereocenters. The monoisotopic (exact) mass is 388 g/mol. The van der Waals surface area contributed by atoms with Crippen molar-refractivity contribution in [2.45, 2.75) is 39.8 Å². The van der Waals surface area contributed by atoms with Gasteiger partial charge >= 0.3 is 0 Å². The summed E-state index contributed by atoms with van der Waals surface area (Å²) >= 11 is 0. The van der Waals surface area contributed by atoms with Gasteiger partial charge < -0.3 is 10.2 Å². The van der Waals surface area contributed by atoms with Gasteiger partial charge in [-0.1, -0.05) is 48.5 Å². The average Bonchev–Trinajstić information content (AvgIpc) is 3.00. The molecule has 0 saturated carbocycles. The number of anilines is 1. The van der Waals surface area contributed by atoms with E-state index < -0.39 is 0 Å². The number of fused-ring (bicyclic) bond motifs is 1. The second-order valence-electron chi connectivity index (χ2n) is 7.72. The molecule has 150 valence electrons. The molecule has 0 atom stereocenters. The first-order valence-electron chi connectivity index (χ1n) is 10.3. The van der Waals surface area contributed by atoms with Gasteiger partial charge in [0, 0.05) is 30.0 Å². The maximum absolute atomic E-state index is 12.6. The maximum atomic E-state index is 12.6. The number of amides is 1. The number of rotatable bonds is 6. The summed E-state index contributed by atoms with van der Waals surface area (Å²) in [5, 5.41) is 7.79. The van der Waals surface area contributed by atoms with Crippen molar-refractivity contribution in [3.8, 4) is 0 Å². The molecule has 0 saturated heterocycles. The SMILES string of the molecule is Cc1nn(Cc2ccccc2)c(C)c1CNC(=O)CN1CCCc2ccccc21. The van der Waals surface area contributed by atoms with E-state index in [0.717, 1.165) is 42.9 Å². The summed E-state index contributed by atoms with van der Waals surface area (Å²) in [6.07, 6.45) is 2.18. The molecular formula is C24H28N4O. The van der Waals surface area contributed by atoms with E-state index in [2.05, 4.69) is 52.6 Å². The van der Waals surface area contributed by atoms with Crippen LogP contribution in [0.4, 0.5) is 5.69 Å². The van der Waals surface area contributed by atoms with Gasteiger partial charge in [0.25, 0.3) is 0 Å². The smallest absolute Gasteiger partial charge is 0.239 e. The number of benzene rings is 2. The number of hydrogen-bond acceptors (Lipinski definition) is 3. The third-order valence-corrected chi connectivity index (χ3v) is 5.71. The largest absolute Gasteiger partial charge is 0.362 e. The van der Waals surface area contributed by atoms with Crippen LogP contribution in [-0.4, -0.2) is 28.8 Å². The fourth-order valence-corrected chi connectivity index (χ4v) is 4.09. The maximum Gasteiger partial charge on any atom is 0.239 e. The van der Waals surface area contributed by atoms with Crippen molar-refractivity contribution in [1.29, 1.82) is 0 Å². The van der Waals surface area contributed by atoms with Crippen molar-refractivity contribution in [3.05, 3.63) is 82.7 Å². The van der Waals surface area contributed by atoms with Crippen molar-refractivity contribution < 1.29 is 4.79 Å². The molecule has 0 radical (unpaired) electrons. The lowest BCUT2D eigenvalue weighted by Crippen LogP contribution is -2.39. The lowest BCUT2D eigenvalue weighted by molar-refractivity contribution is -0.119. The highest BCUT2D eigenvalue weighted by molar-refractivity contribution is 5.82. The third kappa shape index (κ3) is 4.34. The van der Waals surface area contributed by atoms with Crippen LogP contribution in [0.5, 0.6) is 0 Å². The molecule has 2 aromatic carbocycles. The summed E-state index contributed by atoms with van der Waals surface area (Å²) in [4.78, 5) is 14.8. The normalized spacial score (nSPS) is 13.2. The van der Waals surface area contributed by atoms with E-state index in [9.17, 15) is 4.79 Å². The van der Waals surface area contributed by atoms with Gasteiger partial charge in [0.2, 0.25) is 5.91 Å². The second-order valence-corrected chi connectivity index (χ2v) is 7.72. The second kappa shape index (κ2) is 8.52.